The van der Waals surface area contributed by atoms with Crippen molar-refractivity contribution in [3.63, 3.8) is 0 Å². The van der Waals surface area contributed by atoms with E-state index in [4.69, 9.17) is 4.74 Å². The van der Waals surface area contributed by atoms with Crippen LogP contribution in [0.25, 0.3) is 0 Å². The predicted molar refractivity (Wildman–Crippen MR) is 88.2 cm³/mol. The number of nitrogens with zero attached hydrogens (tertiary/aromatic N) is 1. The van der Waals surface area contributed by atoms with Crippen molar-refractivity contribution in [1.29, 1.82) is 0 Å². The first-order valence-electron chi connectivity index (χ1n) is 7.69. The fraction of sp³-hybridized carbons (Fsp3) is 0.316. The van der Waals surface area contributed by atoms with E-state index < -0.39 is 0 Å². The number of ether oxygens (including phenoxy) is 1. The van der Waals surface area contributed by atoms with E-state index in [1.807, 2.05) is 50.2 Å². The first kappa shape index (κ1) is 16.2. The van der Waals surface area contributed by atoms with Gasteiger partial charge >= 0.3 is 5.97 Å². The molecule has 0 aromatic heterocycles. The van der Waals surface area contributed by atoms with E-state index >= 15 is 0 Å². The zero-order chi connectivity index (χ0) is 15.8. The Morgan fingerprint density at radius 2 is 1.41 bits per heavy atom. The number of benzene rings is 2. The highest BCUT2D eigenvalue weighted by molar-refractivity contribution is 5.75. The molecular weight excluding hydrogens is 274 g/mol. The van der Waals surface area contributed by atoms with Crippen LogP contribution in [0.3, 0.4) is 0 Å². The van der Waals surface area contributed by atoms with Crippen LogP contribution in [0.5, 0.6) is 0 Å². The van der Waals surface area contributed by atoms with Gasteiger partial charge in [0.1, 0.15) is 6.04 Å². The molecule has 0 saturated carbocycles. The van der Waals surface area contributed by atoms with Crippen molar-refractivity contribution < 1.29 is 9.53 Å². The zero-order valence-corrected chi connectivity index (χ0v) is 13.2. The van der Waals surface area contributed by atoms with Crippen molar-refractivity contribution >= 4 is 5.97 Å². The molecule has 1 atom stereocenters. The fourth-order valence-corrected chi connectivity index (χ4v) is 2.38. The highest BCUT2D eigenvalue weighted by atomic mass is 16.5. The summed E-state index contributed by atoms with van der Waals surface area (Å²) in [7, 11) is 0. The van der Waals surface area contributed by atoms with Crippen LogP contribution in [-0.4, -0.2) is 23.5 Å². The molecule has 0 radical (unpaired) electrons. The summed E-state index contributed by atoms with van der Waals surface area (Å²) in [5.74, 6) is -0.172. The molecule has 0 heterocycles. The summed E-state index contributed by atoms with van der Waals surface area (Å²) in [6.07, 6.45) is 0. The Labute approximate surface area is 132 Å². The molecule has 1 unspecified atom stereocenters. The van der Waals surface area contributed by atoms with Crippen LogP contribution in [-0.2, 0) is 22.6 Å². The van der Waals surface area contributed by atoms with Crippen LogP contribution in [0.15, 0.2) is 60.7 Å². The zero-order valence-electron chi connectivity index (χ0n) is 13.2. The van der Waals surface area contributed by atoms with Crippen molar-refractivity contribution in [3.05, 3.63) is 71.8 Å². The average molecular weight is 297 g/mol. The summed E-state index contributed by atoms with van der Waals surface area (Å²) in [5.41, 5.74) is 2.38. The van der Waals surface area contributed by atoms with Gasteiger partial charge in [0.25, 0.3) is 0 Å². The van der Waals surface area contributed by atoms with E-state index in [1.165, 1.54) is 11.1 Å². The molecule has 0 fully saturated rings. The van der Waals surface area contributed by atoms with Crippen molar-refractivity contribution in [3.8, 4) is 0 Å². The quantitative estimate of drug-likeness (QED) is 0.731. The molecule has 0 N–H and O–H groups in total. The van der Waals surface area contributed by atoms with Gasteiger partial charge in [0, 0.05) is 13.1 Å². The van der Waals surface area contributed by atoms with Gasteiger partial charge in [-0.25, -0.2) is 0 Å². The Hall–Kier alpha value is -2.13. The van der Waals surface area contributed by atoms with Crippen molar-refractivity contribution in [2.45, 2.75) is 33.0 Å². The Kier molecular flexibility index (Phi) is 6.16. The molecule has 2 aromatic carbocycles. The molecule has 0 aliphatic heterocycles. The maximum absolute atomic E-state index is 12.1. The van der Waals surface area contributed by atoms with Crippen molar-refractivity contribution in [2.75, 3.05) is 6.61 Å². The van der Waals surface area contributed by atoms with Crippen LogP contribution in [0.4, 0.5) is 0 Å². The van der Waals surface area contributed by atoms with Gasteiger partial charge in [0.05, 0.1) is 6.61 Å². The molecule has 0 spiro atoms. The summed E-state index contributed by atoms with van der Waals surface area (Å²) in [6, 6.07) is 20.1. The smallest absolute Gasteiger partial charge is 0.323 e. The van der Waals surface area contributed by atoms with E-state index in [0.717, 1.165) is 13.1 Å². The Bertz CT molecular complexity index is 527. The van der Waals surface area contributed by atoms with E-state index in [9.17, 15) is 4.79 Å². The number of carbonyl (C=O) groups is 1. The average Bonchev–Trinajstić information content (AvgIpc) is 2.56. The summed E-state index contributed by atoms with van der Waals surface area (Å²) in [5, 5.41) is 0. The van der Waals surface area contributed by atoms with Gasteiger partial charge in [-0.15, -0.1) is 0 Å². The van der Waals surface area contributed by atoms with E-state index in [2.05, 4.69) is 29.2 Å². The van der Waals surface area contributed by atoms with Crippen LogP contribution in [0.1, 0.15) is 25.0 Å². The Morgan fingerprint density at radius 3 is 1.82 bits per heavy atom. The molecule has 22 heavy (non-hydrogen) atoms. The lowest BCUT2D eigenvalue weighted by Gasteiger charge is -2.27. The molecule has 2 aromatic rings. The van der Waals surface area contributed by atoms with Gasteiger partial charge in [-0.2, -0.15) is 0 Å². The molecule has 0 bridgehead atoms. The third kappa shape index (κ3) is 4.71. The maximum atomic E-state index is 12.1. The van der Waals surface area contributed by atoms with Gasteiger partial charge < -0.3 is 4.74 Å². The lowest BCUT2D eigenvalue weighted by atomic mass is 10.1. The third-order valence-corrected chi connectivity index (χ3v) is 3.63. The summed E-state index contributed by atoms with van der Waals surface area (Å²) in [6.45, 7) is 5.59. The largest absolute Gasteiger partial charge is 0.465 e. The minimum Gasteiger partial charge on any atom is -0.465 e. The molecule has 0 saturated heterocycles. The third-order valence-electron chi connectivity index (χ3n) is 3.63. The van der Waals surface area contributed by atoms with Crippen LogP contribution in [0, 0.1) is 0 Å². The Balaban J connectivity index is 2.14. The monoisotopic (exact) mass is 297 g/mol. The second kappa shape index (κ2) is 8.35. The topological polar surface area (TPSA) is 29.5 Å². The minimum atomic E-state index is -0.277. The van der Waals surface area contributed by atoms with Crippen LogP contribution in [0.2, 0.25) is 0 Å². The number of esters is 1. The Morgan fingerprint density at radius 1 is 0.955 bits per heavy atom. The van der Waals surface area contributed by atoms with Gasteiger partial charge in [0.15, 0.2) is 0 Å². The molecule has 3 nitrogen and oxygen atoms in total. The van der Waals surface area contributed by atoms with E-state index in [-0.39, 0.29) is 12.0 Å². The number of hydrogen-bond donors (Lipinski definition) is 0. The SMILES string of the molecule is CCOC(=O)C(C)N(Cc1ccccc1)Cc1ccccc1. The number of rotatable bonds is 7. The first-order chi connectivity index (χ1) is 10.7. The number of carbonyl (C=O) groups excluding carboxylic acids is 1. The van der Waals surface area contributed by atoms with Crippen molar-refractivity contribution in [2.24, 2.45) is 0 Å². The van der Waals surface area contributed by atoms with Gasteiger partial charge in [0.2, 0.25) is 0 Å². The normalized spacial score (nSPS) is 12.1. The first-order valence-corrected chi connectivity index (χ1v) is 7.69. The van der Waals surface area contributed by atoms with E-state index in [1.54, 1.807) is 0 Å². The molecule has 0 aliphatic carbocycles. The number of hydrogen-bond acceptors (Lipinski definition) is 3. The highest BCUT2D eigenvalue weighted by Gasteiger charge is 2.22. The second-order valence-electron chi connectivity index (χ2n) is 5.30. The molecule has 116 valence electrons. The standard InChI is InChI=1S/C19H23NO2/c1-3-22-19(21)16(2)20(14-17-10-6-4-7-11-17)15-18-12-8-5-9-13-18/h4-13,16H,3,14-15H2,1-2H3. The van der Waals surface area contributed by atoms with Gasteiger partial charge in [-0.3, -0.25) is 9.69 Å². The summed E-state index contributed by atoms with van der Waals surface area (Å²) >= 11 is 0. The molecule has 0 aliphatic rings. The molecule has 0 amide bonds. The van der Waals surface area contributed by atoms with E-state index in [0.29, 0.717) is 6.61 Å². The van der Waals surface area contributed by atoms with Gasteiger partial charge in [-0.1, -0.05) is 60.7 Å². The fourth-order valence-electron chi connectivity index (χ4n) is 2.38. The molecular formula is C19H23NO2. The minimum absolute atomic E-state index is 0.172. The summed E-state index contributed by atoms with van der Waals surface area (Å²) < 4.78 is 5.18. The highest BCUT2D eigenvalue weighted by Crippen LogP contribution is 2.14. The molecule has 3 heteroatoms. The maximum Gasteiger partial charge on any atom is 0.323 e. The van der Waals surface area contributed by atoms with Crippen LogP contribution < -0.4 is 0 Å². The lowest BCUT2D eigenvalue weighted by molar-refractivity contribution is -0.149. The lowest BCUT2D eigenvalue weighted by Crippen LogP contribution is -2.39. The van der Waals surface area contributed by atoms with Crippen LogP contribution >= 0.6 is 0 Å². The molecule has 2 rings (SSSR count). The second-order valence-corrected chi connectivity index (χ2v) is 5.30. The van der Waals surface area contributed by atoms with Gasteiger partial charge in [-0.05, 0) is 25.0 Å². The summed E-state index contributed by atoms with van der Waals surface area (Å²) in [4.78, 5) is 14.2. The van der Waals surface area contributed by atoms with Crippen molar-refractivity contribution in [1.82, 2.24) is 4.90 Å². The predicted octanol–water partition coefficient (Wildman–Crippen LogP) is 3.64.